The molecule has 0 saturated carbocycles. The predicted octanol–water partition coefficient (Wildman–Crippen LogP) is 1.11. The Morgan fingerprint density at radius 1 is 1.30 bits per heavy atom. The van der Waals surface area contributed by atoms with Crippen molar-refractivity contribution in [3.8, 4) is 5.75 Å². The highest BCUT2D eigenvalue weighted by Gasteiger charge is 1.83. The lowest BCUT2D eigenvalue weighted by Crippen LogP contribution is -1.80. The van der Waals surface area contributed by atoms with E-state index < -0.39 is 0 Å². The normalized spacial score (nSPS) is 7.80. The van der Waals surface area contributed by atoms with Gasteiger partial charge in [0.2, 0.25) is 0 Å². The van der Waals surface area contributed by atoms with Gasteiger partial charge in [-0.1, -0.05) is 6.07 Å². The largest absolute Gasteiger partial charge is 0.508 e. The summed E-state index contributed by atoms with van der Waals surface area (Å²) in [4.78, 5) is 0. The Hall–Kier alpha value is -0.930. The Bertz CT molecular complexity index is 176. The first kappa shape index (κ1) is 9.07. The average Bonchev–Trinajstić information content (AvgIpc) is 1.91. The Morgan fingerprint density at radius 2 is 1.90 bits per heavy atom. The van der Waals surface area contributed by atoms with E-state index >= 15 is 0 Å². The lowest BCUT2D eigenvalue weighted by atomic mass is 10.3. The predicted molar refractivity (Wildman–Crippen MR) is 40.6 cm³/mol. The standard InChI is InChI=1S/C6H7NO.ClHO/c7-5-2-1-3-6(8)4-5;1-2/h1-4,8H,7H2;2H. The van der Waals surface area contributed by atoms with Crippen LogP contribution in [0.25, 0.3) is 0 Å². The molecule has 0 atom stereocenters. The van der Waals surface area contributed by atoms with Gasteiger partial charge in [0.05, 0.1) is 11.9 Å². The van der Waals surface area contributed by atoms with Gasteiger partial charge < -0.3 is 10.8 Å². The summed E-state index contributed by atoms with van der Waals surface area (Å²) >= 11 is 3.64. The van der Waals surface area contributed by atoms with Crippen molar-refractivity contribution >= 4 is 17.6 Å². The first-order valence-electron chi connectivity index (χ1n) is 2.50. The van der Waals surface area contributed by atoms with E-state index in [0.717, 1.165) is 0 Å². The van der Waals surface area contributed by atoms with E-state index in [1.165, 1.54) is 6.07 Å². The molecule has 0 aliphatic rings. The lowest BCUT2D eigenvalue weighted by Gasteiger charge is -1.90. The number of nitrogen functional groups attached to an aromatic ring is 1. The Morgan fingerprint density at radius 3 is 2.20 bits per heavy atom. The van der Waals surface area contributed by atoms with Gasteiger partial charge in [-0.25, -0.2) is 0 Å². The SMILES string of the molecule is Nc1cccc(O)c1.OCl. The van der Waals surface area contributed by atoms with Gasteiger partial charge in [-0.2, -0.15) is 0 Å². The maximum absolute atomic E-state index is 8.73. The number of halogens is 1. The third-order valence-electron chi connectivity index (χ3n) is 0.870. The molecule has 0 bridgehead atoms. The van der Waals surface area contributed by atoms with E-state index in [1.807, 2.05) is 0 Å². The van der Waals surface area contributed by atoms with Gasteiger partial charge in [-0.3, -0.25) is 4.66 Å². The van der Waals surface area contributed by atoms with Crippen LogP contribution in [-0.2, 0) is 0 Å². The van der Waals surface area contributed by atoms with Crippen molar-refractivity contribution < 1.29 is 9.77 Å². The summed E-state index contributed by atoms with van der Waals surface area (Å²) in [5.41, 5.74) is 5.89. The first-order valence-corrected chi connectivity index (χ1v) is 2.84. The van der Waals surface area contributed by atoms with Gasteiger partial charge in [0.15, 0.2) is 0 Å². The molecule has 0 fully saturated rings. The molecule has 0 aliphatic carbocycles. The molecule has 1 aromatic rings. The molecule has 0 saturated heterocycles. The van der Waals surface area contributed by atoms with E-state index in [1.54, 1.807) is 18.2 Å². The molecule has 4 N–H and O–H groups in total. The summed E-state index contributed by atoms with van der Waals surface area (Å²) in [5.74, 6) is 0.213. The van der Waals surface area contributed by atoms with Gasteiger partial charge in [-0.05, 0) is 12.1 Å². The molecule has 0 unspecified atom stereocenters. The van der Waals surface area contributed by atoms with Gasteiger partial charge in [-0.15, -0.1) is 0 Å². The second-order valence-corrected chi connectivity index (χ2v) is 1.59. The summed E-state index contributed by atoms with van der Waals surface area (Å²) in [7, 11) is 0. The quantitative estimate of drug-likeness (QED) is 0.500. The molecule has 0 amide bonds. The van der Waals surface area contributed by atoms with Crippen LogP contribution in [-0.4, -0.2) is 9.77 Å². The number of benzene rings is 1. The van der Waals surface area contributed by atoms with Crippen molar-refractivity contribution in [1.82, 2.24) is 0 Å². The van der Waals surface area contributed by atoms with Crippen LogP contribution < -0.4 is 5.73 Å². The van der Waals surface area contributed by atoms with E-state index in [9.17, 15) is 0 Å². The van der Waals surface area contributed by atoms with Gasteiger partial charge in [0.25, 0.3) is 0 Å². The number of hydrogen-bond acceptors (Lipinski definition) is 3. The monoisotopic (exact) mass is 161 g/mol. The molecule has 0 spiro atoms. The number of phenolic OH excluding ortho intramolecular Hbond substituents is 1. The van der Waals surface area contributed by atoms with E-state index in [0.29, 0.717) is 5.69 Å². The molecular weight excluding hydrogens is 154 g/mol. The van der Waals surface area contributed by atoms with Crippen molar-refractivity contribution in [2.75, 3.05) is 5.73 Å². The average molecular weight is 162 g/mol. The summed E-state index contributed by atoms with van der Waals surface area (Å²) in [6, 6.07) is 6.50. The van der Waals surface area contributed by atoms with Crippen LogP contribution in [0.3, 0.4) is 0 Å². The minimum absolute atomic E-state index is 0.213. The fraction of sp³-hybridized carbons (Fsp3) is 0. The number of nitrogens with two attached hydrogens (primary N) is 1. The maximum atomic E-state index is 8.73. The molecule has 10 heavy (non-hydrogen) atoms. The van der Waals surface area contributed by atoms with Crippen LogP contribution in [0.1, 0.15) is 0 Å². The Balaban J connectivity index is 0.000000371. The topological polar surface area (TPSA) is 66.5 Å². The van der Waals surface area contributed by atoms with Gasteiger partial charge >= 0.3 is 0 Å². The number of hydrogen-bond donors (Lipinski definition) is 3. The van der Waals surface area contributed by atoms with Crippen LogP contribution in [0, 0.1) is 0 Å². The van der Waals surface area contributed by atoms with E-state index in [2.05, 4.69) is 11.9 Å². The highest BCUT2D eigenvalue weighted by molar-refractivity contribution is 6.04. The van der Waals surface area contributed by atoms with Crippen molar-refractivity contribution in [3.05, 3.63) is 24.3 Å². The van der Waals surface area contributed by atoms with Crippen LogP contribution in [0.2, 0.25) is 0 Å². The molecule has 4 heteroatoms. The molecule has 0 radical (unpaired) electrons. The first-order chi connectivity index (χ1) is 4.79. The fourth-order valence-corrected chi connectivity index (χ4v) is 0.525. The van der Waals surface area contributed by atoms with Crippen LogP contribution in [0.5, 0.6) is 5.75 Å². The second kappa shape index (κ2) is 4.90. The zero-order valence-corrected chi connectivity index (χ0v) is 5.92. The number of phenols is 1. The molecule has 0 heterocycles. The lowest BCUT2D eigenvalue weighted by molar-refractivity contribution is 0.475. The van der Waals surface area contributed by atoms with Crippen molar-refractivity contribution in [3.63, 3.8) is 0 Å². The van der Waals surface area contributed by atoms with Crippen LogP contribution in [0.15, 0.2) is 24.3 Å². The zero-order chi connectivity index (χ0) is 7.98. The van der Waals surface area contributed by atoms with Crippen molar-refractivity contribution in [2.24, 2.45) is 0 Å². The molecular formula is C6H8ClNO2. The smallest absolute Gasteiger partial charge is 0.117 e. The Kier molecular flexibility index (Phi) is 4.45. The minimum Gasteiger partial charge on any atom is -0.508 e. The number of rotatable bonds is 0. The minimum atomic E-state index is 0.213. The Labute approximate surface area is 63.8 Å². The summed E-state index contributed by atoms with van der Waals surface area (Å²) < 4.78 is 6.47. The molecule has 56 valence electrons. The van der Waals surface area contributed by atoms with E-state index in [-0.39, 0.29) is 5.75 Å². The third-order valence-corrected chi connectivity index (χ3v) is 0.870. The van der Waals surface area contributed by atoms with Gasteiger partial charge in [0.1, 0.15) is 5.75 Å². The molecule has 0 aliphatic heterocycles. The maximum Gasteiger partial charge on any atom is 0.117 e. The third kappa shape index (κ3) is 3.17. The van der Waals surface area contributed by atoms with Crippen LogP contribution >= 0.6 is 11.9 Å². The van der Waals surface area contributed by atoms with Crippen molar-refractivity contribution in [1.29, 1.82) is 0 Å². The summed E-state index contributed by atoms with van der Waals surface area (Å²) in [6.07, 6.45) is 0. The summed E-state index contributed by atoms with van der Waals surface area (Å²) in [5, 5.41) is 8.73. The number of aromatic hydroxyl groups is 1. The van der Waals surface area contributed by atoms with Gasteiger partial charge in [0, 0.05) is 11.8 Å². The highest BCUT2D eigenvalue weighted by atomic mass is 35.5. The van der Waals surface area contributed by atoms with Crippen LogP contribution in [0.4, 0.5) is 5.69 Å². The zero-order valence-electron chi connectivity index (χ0n) is 5.16. The molecule has 0 aromatic heterocycles. The van der Waals surface area contributed by atoms with Crippen molar-refractivity contribution in [2.45, 2.75) is 0 Å². The molecule has 1 rings (SSSR count). The van der Waals surface area contributed by atoms with E-state index in [4.69, 9.17) is 15.5 Å². The molecule has 1 aromatic carbocycles. The molecule has 3 nitrogen and oxygen atoms in total. The second-order valence-electron chi connectivity index (χ2n) is 1.59. The highest BCUT2D eigenvalue weighted by Crippen LogP contribution is 2.10. The fourth-order valence-electron chi connectivity index (χ4n) is 0.525. The summed E-state index contributed by atoms with van der Waals surface area (Å²) in [6.45, 7) is 0. The number of anilines is 1.